The Morgan fingerprint density at radius 1 is 1.46 bits per heavy atom. The van der Waals surface area contributed by atoms with Crippen molar-refractivity contribution in [3.8, 4) is 0 Å². The zero-order valence-corrected chi connectivity index (χ0v) is 8.43. The summed E-state index contributed by atoms with van der Waals surface area (Å²) in [6.07, 6.45) is 3.22. The van der Waals surface area contributed by atoms with Crippen molar-refractivity contribution in [2.24, 2.45) is 0 Å². The Hall–Kier alpha value is -1.08. The normalized spacial score (nSPS) is 10.7. The van der Waals surface area contributed by atoms with Gasteiger partial charge < -0.3 is 0 Å². The van der Waals surface area contributed by atoms with Crippen molar-refractivity contribution in [2.75, 3.05) is 0 Å². The molecule has 0 atom stereocenters. The predicted molar refractivity (Wildman–Crippen MR) is 55.3 cm³/mol. The average Bonchev–Trinajstić information content (AvgIpc) is 2.04. The second kappa shape index (κ2) is 4.24. The lowest BCUT2D eigenvalue weighted by molar-refractivity contribution is 0.104. The highest BCUT2D eigenvalue weighted by Crippen LogP contribution is 2.18. The summed E-state index contributed by atoms with van der Waals surface area (Å²) >= 11 is 5.91. The van der Waals surface area contributed by atoms with E-state index in [1.165, 1.54) is 6.08 Å². The number of ketones is 1. The van der Waals surface area contributed by atoms with E-state index in [4.69, 9.17) is 11.6 Å². The molecule has 13 heavy (non-hydrogen) atoms. The maximum absolute atomic E-state index is 11.4. The van der Waals surface area contributed by atoms with Crippen LogP contribution in [0, 0.1) is 6.92 Å². The van der Waals surface area contributed by atoms with Gasteiger partial charge in [0.05, 0.1) is 5.02 Å². The van der Waals surface area contributed by atoms with Crippen LogP contribution < -0.4 is 0 Å². The summed E-state index contributed by atoms with van der Waals surface area (Å²) in [6.45, 7) is 3.75. The average molecular weight is 195 g/mol. The molecule has 68 valence electrons. The molecular weight excluding hydrogens is 184 g/mol. The molecule has 0 aliphatic carbocycles. The standard InChI is InChI=1S/C11H11ClO/c1-3-4-11(13)9-6-5-8(2)7-10(9)12/h3-7H,1-2H3. The molecule has 0 saturated heterocycles. The number of allylic oxidation sites excluding steroid dienone is 2. The predicted octanol–water partition coefficient (Wildman–Crippen LogP) is 3.41. The van der Waals surface area contributed by atoms with Crippen molar-refractivity contribution >= 4 is 17.4 Å². The molecule has 0 unspecified atom stereocenters. The van der Waals surface area contributed by atoms with Crippen molar-refractivity contribution in [3.63, 3.8) is 0 Å². The zero-order valence-electron chi connectivity index (χ0n) is 7.67. The Morgan fingerprint density at radius 2 is 2.15 bits per heavy atom. The van der Waals surface area contributed by atoms with Crippen LogP contribution in [0.1, 0.15) is 22.8 Å². The molecule has 1 nitrogen and oxygen atoms in total. The molecule has 1 aromatic carbocycles. The fraction of sp³-hybridized carbons (Fsp3) is 0.182. The zero-order chi connectivity index (χ0) is 9.84. The third-order valence-corrected chi connectivity index (χ3v) is 2.02. The summed E-state index contributed by atoms with van der Waals surface area (Å²) in [5, 5.41) is 0.517. The molecule has 0 amide bonds. The van der Waals surface area contributed by atoms with Crippen LogP contribution in [0.5, 0.6) is 0 Å². The number of hydrogen-bond acceptors (Lipinski definition) is 1. The van der Waals surface area contributed by atoms with Crippen LogP contribution in [-0.2, 0) is 0 Å². The third kappa shape index (κ3) is 2.43. The summed E-state index contributed by atoms with van der Waals surface area (Å²) in [7, 11) is 0. The molecule has 0 spiro atoms. The fourth-order valence-electron chi connectivity index (χ4n) is 1.06. The highest BCUT2D eigenvalue weighted by Gasteiger charge is 2.05. The molecule has 0 fully saturated rings. The number of hydrogen-bond donors (Lipinski definition) is 0. The van der Waals surface area contributed by atoms with Gasteiger partial charge in [-0.2, -0.15) is 0 Å². The highest BCUT2D eigenvalue weighted by molar-refractivity contribution is 6.34. The van der Waals surface area contributed by atoms with Crippen molar-refractivity contribution in [2.45, 2.75) is 13.8 Å². The van der Waals surface area contributed by atoms with Gasteiger partial charge in [0.15, 0.2) is 5.78 Å². The smallest absolute Gasteiger partial charge is 0.187 e. The minimum atomic E-state index is -0.0486. The second-order valence-corrected chi connectivity index (χ2v) is 3.25. The van der Waals surface area contributed by atoms with Crippen molar-refractivity contribution < 1.29 is 4.79 Å². The van der Waals surface area contributed by atoms with Gasteiger partial charge in [-0.25, -0.2) is 0 Å². The van der Waals surface area contributed by atoms with E-state index in [-0.39, 0.29) is 5.78 Å². The van der Waals surface area contributed by atoms with Crippen LogP contribution in [0.15, 0.2) is 30.4 Å². The molecule has 0 aliphatic rings. The third-order valence-electron chi connectivity index (χ3n) is 1.71. The summed E-state index contributed by atoms with van der Waals surface area (Å²) in [5.74, 6) is -0.0486. The molecule has 0 aliphatic heterocycles. The number of aryl methyl sites for hydroxylation is 1. The van der Waals surface area contributed by atoms with E-state index in [9.17, 15) is 4.79 Å². The van der Waals surface area contributed by atoms with Gasteiger partial charge in [0.2, 0.25) is 0 Å². The molecule has 0 N–H and O–H groups in total. The quantitative estimate of drug-likeness (QED) is 0.521. The van der Waals surface area contributed by atoms with E-state index in [1.54, 1.807) is 25.1 Å². The maximum atomic E-state index is 11.4. The first kappa shape index (κ1) is 10.0. The number of benzene rings is 1. The largest absolute Gasteiger partial charge is 0.289 e. The summed E-state index contributed by atoms with van der Waals surface area (Å²) in [6, 6.07) is 5.42. The van der Waals surface area contributed by atoms with Crippen LogP contribution in [0.2, 0.25) is 5.02 Å². The first-order valence-electron chi connectivity index (χ1n) is 4.08. The first-order valence-corrected chi connectivity index (χ1v) is 4.46. The van der Waals surface area contributed by atoms with E-state index in [2.05, 4.69) is 0 Å². The lowest BCUT2D eigenvalue weighted by atomic mass is 10.1. The number of halogens is 1. The number of carbonyl (C=O) groups excluding carboxylic acids is 1. The minimum Gasteiger partial charge on any atom is -0.289 e. The van der Waals surface area contributed by atoms with Gasteiger partial charge in [0.1, 0.15) is 0 Å². The molecule has 0 aromatic heterocycles. The van der Waals surface area contributed by atoms with Crippen LogP contribution in [0.3, 0.4) is 0 Å². The summed E-state index contributed by atoms with van der Waals surface area (Å²) in [4.78, 5) is 11.4. The van der Waals surface area contributed by atoms with Crippen molar-refractivity contribution in [1.82, 2.24) is 0 Å². The van der Waals surface area contributed by atoms with Gasteiger partial charge in [-0.3, -0.25) is 4.79 Å². The Morgan fingerprint density at radius 3 is 2.69 bits per heavy atom. The lowest BCUT2D eigenvalue weighted by Gasteiger charge is -2.00. The van der Waals surface area contributed by atoms with Gasteiger partial charge in [-0.05, 0) is 37.6 Å². The molecule has 1 aromatic rings. The minimum absolute atomic E-state index is 0.0486. The van der Waals surface area contributed by atoms with E-state index in [1.807, 2.05) is 13.0 Å². The Kier molecular flexibility index (Phi) is 3.26. The number of carbonyl (C=O) groups is 1. The van der Waals surface area contributed by atoms with Gasteiger partial charge in [0, 0.05) is 5.56 Å². The number of rotatable bonds is 2. The van der Waals surface area contributed by atoms with Crippen LogP contribution in [0.4, 0.5) is 0 Å². The van der Waals surface area contributed by atoms with E-state index < -0.39 is 0 Å². The topological polar surface area (TPSA) is 17.1 Å². The molecule has 0 saturated carbocycles. The van der Waals surface area contributed by atoms with Crippen molar-refractivity contribution in [1.29, 1.82) is 0 Å². The van der Waals surface area contributed by atoms with Crippen LogP contribution in [0.25, 0.3) is 0 Å². The van der Waals surface area contributed by atoms with Gasteiger partial charge in [0.25, 0.3) is 0 Å². The highest BCUT2D eigenvalue weighted by atomic mass is 35.5. The van der Waals surface area contributed by atoms with E-state index >= 15 is 0 Å². The molecular formula is C11H11ClO. The Bertz CT molecular complexity index is 353. The SMILES string of the molecule is CC=CC(=O)c1ccc(C)cc1Cl. The lowest BCUT2D eigenvalue weighted by Crippen LogP contribution is -1.95. The molecule has 0 radical (unpaired) electrons. The molecule has 1 rings (SSSR count). The molecule has 2 heteroatoms. The summed E-state index contributed by atoms with van der Waals surface area (Å²) < 4.78 is 0. The molecule has 0 heterocycles. The maximum Gasteiger partial charge on any atom is 0.187 e. The Balaban J connectivity index is 3.09. The van der Waals surface area contributed by atoms with Gasteiger partial charge >= 0.3 is 0 Å². The van der Waals surface area contributed by atoms with E-state index in [0.29, 0.717) is 10.6 Å². The van der Waals surface area contributed by atoms with Gasteiger partial charge in [-0.15, -0.1) is 0 Å². The second-order valence-electron chi connectivity index (χ2n) is 2.85. The molecule has 0 bridgehead atoms. The van der Waals surface area contributed by atoms with Crippen LogP contribution >= 0.6 is 11.6 Å². The van der Waals surface area contributed by atoms with Crippen LogP contribution in [-0.4, -0.2) is 5.78 Å². The van der Waals surface area contributed by atoms with Gasteiger partial charge in [-0.1, -0.05) is 23.7 Å². The Labute approximate surface area is 83.0 Å². The first-order chi connectivity index (χ1) is 6.15. The fourth-order valence-corrected chi connectivity index (χ4v) is 1.39. The summed E-state index contributed by atoms with van der Waals surface area (Å²) in [5.41, 5.74) is 1.62. The van der Waals surface area contributed by atoms with Crippen molar-refractivity contribution in [3.05, 3.63) is 46.5 Å². The monoisotopic (exact) mass is 194 g/mol. The van der Waals surface area contributed by atoms with E-state index in [0.717, 1.165) is 5.56 Å².